The molecule has 2 N–H and O–H groups in total. The first-order valence-corrected chi connectivity index (χ1v) is 10.7. The summed E-state index contributed by atoms with van der Waals surface area (Å²) in [5.74, 6) is -5.10. The molecule has 0 fully saturated rings. The molecule has 0 atom stereocenters. The number of H-pyrrole nitrogens is 1. The number of amides is 1. The predicted octanol–water partition coefficient (Wildman–Crippen LogP) is 5.57. The molecule has 0 spiro atoms. The Labute approximate surface area is 206 Å². The first-order chi connectivity index (χ1) is 17.3. The number of nitrogens with zero attached hydrogens (tertiary/aromatic N) is 3. The van der Waals surface area contributed by atoms with Crippen molar-refractivity contribution in [2.24, 2.45) is 0 Å². The van der Waals surface area contributed by atoms with Crippen LogP contribution in [-0.4, -0.2) is 31.9 Å². The quantitative estimate of drug-likeness (QED) is 0.303. The number of aromatic amines is 1. The summed E-state index contributed by atoms with van der Waals surface area (Å²) < 4.78 is 42.0. The molecular formula is C25H13ClF3N5O2. The Morgan fingerprint density at radius 2 is 1.69 bits per heavy atom. The van der Waals surface area contributed by atoms with Crippen molar-refractivity contribution in [3.05, 3.63) is 106 Å². The molecule has 0 unspecified atom stereocenters. The number of carbonyl (C=O) groups is 2. The monoisotopic (exact) mass is 507 g/mol. The zero-order valence-electron chi connectivity index (χ0n) is 18.0. The van der Waals surface area contributed by atoms with Crippen LogP contribution in [0.25, 0.3) is 22.3 Å². The summed E-state index contributed by atoms with van der Waals surface area (Å²) in [5.41, 5.74) is 1.13. The van der Waals surface area contributed by atoms with Crippen LogP contribution in [-0.2, 0) is 0 Å². The molecule has 1 amide bonds. The zero-order chi connectivity index (χ0) is 25.4. The third-order valence-corrected chi connectivity index (χ3v) is 5.66. The van der Waals surface area contributed by atoms with Gasteiger partial charge in [0.15, 0.2) is 23.2 Å². The highest BCUT2D eigenvalue weighted by Crippen LogP contribution is 2.29. The highest BCUT2D eigenvalue weighted by Gasteiger charge is 2.23. The van der Waals surface area contributed by atoms with Gasteiger partial charge in [-0.3, -0.25) is 19.7 Å². The van der Waals surface area contributed by atoms with E-state index in [4.69, 9.17) is 11.6 Å². The number of rotatable bonds is 5. The number of anilines is 1. The minimum Gasteiger partial charge on any atom is -0.319 e. The van der Waals surface area contributed by atoms with Crippen LogP contribution < -0.4 is 5.32 Å². The van der Waals surface area contributed by atoms with Gasteiger partial charge in [0, 0.05) is 22.9 Å². The highest BCUT2D eigenvalue weighted by molar-refractivity contribution is 6.35. The minimum atomic E-state index is -1.23. The minimum absolute atomic E-state index is 0.0889. The van der Waals surface area contributed by atoms with E-state index in [1.807, 2.05) is 0 Å². The van der Waals surface area contributed by atoms with E-state index in [0.29, 0.717) is 28.4 Å². The number of benzene rings is 3. The fraction of sp³-hybridized carbons (Fsp3) is 0. The molecule has 0 aliphatic carbocycles. The molecule has 2 aromatic heterocycles. The molecule has 0 saturated carbocycles. The summed E-state index contributed by atoms with van der Waals surface area (Å²) in [7, 11) is 0. The Morgan fingerprint density at radius 3 is 2.44 bits per heavy atom. The second-order valence-electron chi connectivity index (χ2n) is 7.64. The molecule has 3 aromatic carbocycles. The van der Waals surface area contributed by atoms with Crippen LogP contribution in [0.3, 0.4) is 0 Å². The van der Waals surface area contributed by atoms with Crippen molar-refractivity contribution in [2.75, 3.05) is 5.32 Å². The van der Waals surface area contributed by atoms with E-state index < -0.39 is 34.7 Å². The summed E-state index contributed by atoms with van der Waals surface area (Å²) in [4.78, 5) is 34.5. The van der Waals surface area contributed by atoms with Gasteiger partial charge >= 0.3 is 0 Å². The fourth-order valence-electron chi connectivity index (χ4n) is 3.52. The van der Waals surface area contributed by atoms with Gasteiger partial charge in [0.1, 0.15) is 0 Å². The van der Waals surface area contributed by atoms with Crippen molar-refractivity contribution in [2.45, 2.75) is 0 Å². The van der Waals surface area contributed by atoms with Crippen LogP contribution in [0.2, 0.25) is 5.02 Å². The van der Waals surface area contributed by atoms with Crippen LogP contribution in [0.1, 0.15) is 26.3 Å². The molecule has 2 heterocycles. The molecule has 0 aliphatic heterocycles. The number of aromatic nitrogens is 4. The van der Waals surface area contributed by atoms with E-state index in [-0.39, 0.29) is 21.8 Å². The lowest BCUT2D eigenvalue weighted by atomic mass is 10.0. The highest BCUT2D eigenvalue weighted by atomic mass is 35.5. The Morgan fingerprint density at radius 1 is 0.889 bits per heavy atom. The summed E-state index contributed by atoms with van der Waals surface area (Å²) in [6, 6.07) is 9.38. The van der Waals surface area contributed by atoms with Gasteiger partial charge in [-0.15, -0.1) is 0 Å². The Hall–Kier alpha value is -4.57. The molecule has 5 aromatic rings. The lowest BCUT2D eigenvalue weighted by Gasteiger charge is -2.12. The molecule has 0 saturated heterocycles. The standard InChI is InChI=1S/C25H13ClF3N5O2/c26-15-3-6-19(34-25(36)13-1-4-16(27)17(28)7-13)23(29)22(15)24(35)12-2-5-18-20(8-12)33-21(11-30-18)14-9-31-32-10-14/h1-11H,(H,31,32)(H,34,36). The normalized spacial score (nSPS) is 11.0. The van der Waals surface area contributed by atoms with Crippen molar-refractivity contribution in [3.8, 4) is 11.3 Å². The van der Waals surface area contributed by atoms with Crippen LogP contribution in [0, 0.1) is 17.5 Å². The Kier molecular flexibility index (Phi) is 5.95. The van der Waals surface area contributed by atoms with Crippen molar-refractivity contribution in [1.29, 1.82) is 0 Å². The number of carbonyl (C=O) groups excluding carboxylic acids is 2. The van der Waals surface area contributed by atoms with Crippen LogP contribution in [0.5, 0.6) is 0 Å². The van der Waals surface area contributed by atoms with Crippen molar-refractivity contribution >= 4 is 40.0 Å². The summed E-state index contributed by atoms with van der Waals surface area (Å²) in [5, 5.41) is 8.63. The summed E-state index contributed by atoms with van der Waals surface area (Å²) >= 11 is 6.15. The van der Waals surface area contributed by atoms with Gasteiger partial charge in [0.05, 0.1) is 45.4 Å². The van der Waals surface area contributed by atoms with Crippen LogP contribution >= 0.6 is 11.6 Å². The van der Waals surface area contributed by atoms with Gasteiger partial charge in [-0.1, -0.05) is 11.6 Å². The third-order valence-electron chi connectivity index (χ3n) is 5.35. The summed E-state index contributed by atoms with van der Waals surface area (Å²) in [6.45, 7) is 0. The van der Waals surface area contributed by atoms with E-state index >= 15 is 4.39 Å². The molecular weight excluding hydrogens is 495 g/mol. The fourth-order valence-corrected chi connectivity index (χ4v) is 3.75. The maximum atomic E-state index is 15.4. The average Bonchev–Trinajstić information content (AvgIpc) is 3.42. The molecule has 5 rings (SSSR count). The van der Waals surface area contributed by atoms with Gasteiger partial charge in [-0.05, 0) is 48.5 Å². The maximum Gasteiger partial charge on any atom is 0.255 e. The SMILES string of the molecule is O=C(Nc1ccc(Cl)c(C(=O)c2ccc3ncc(-c4cn[nH]c4)nc3c2)c1F)c1ccc(F)c(F)c1. The topological polar surface area (TPSA) is 101 Å². The number of halogens is 4. The van der Waals surface area contributed by atoms with Gasteiger partial charge in [0.25, 0.3) is 5.91 Å². The second-order valence-corrected chi connectivity index (χ2v) is 8.05. The zero-order valence-corrected chi connectivity index (χ0v) is 18.8. The van der Waals surface area contributed by atoms with Crippen molar-refractivity contribution < 1.29 is 22.8 Å². The number of nitrogens with one attached hydrogen (secondary N) is 2. The van der Waals surface area contributed by atoms with E-state index in [0.717, 1.165) is 18.2 Å². The predicted molar refractivity (Wildman–Crippen MR) is 126 cm³/mol. The molecule has 7 nitrogen and oxygen atoms in total. The van der Waals surface area contributed by atoms with Gasteiger partial charge in [-0.25, -0.2) is 18.2 Å². The van der Waals surface area contributed by atoms with Gasteiger partial charge in [-0.2, -0.15) is 5.10 Å². The Bertz CT molecular complexity index is 1660. The maximum absolute atomic E-state index is 15.4. The van der Waals surface area contributed by atoms with Crippen LogP contribution in [0.15, 0.2) is 67.1 Å². The van der Waals surface area contributed by atoms with Crippen LogP contribution in [0.4, 0.5) is 18.9 Å². The first kappa shape index (κ1) is 23.2. The number of fused-ring (bicyclic) bond motifs is 1. The molecule has 0 bridgehead atoms. The molecule has 178 valence electrons. The second kappa shape index (κ2) is 9.23. The lowest BCUT2D eigenvalue weighted by molar-refractivity contribution is 0.101. The smallest absolute Gasteiger partial charge is 0.255 e. The summed E-state index contributed by atoms with van der Waals surface area (Å²) in [6.07, 6.45) is 4.77. The average molecular weight is 508 g/mol. The largest absolute Gasteiger partial charge is 0.319 e. The van der Waals surface area contributed by atoms with Gasteiger partial charge < -0.3 is 5.32 Å². The molecule has 0 aliphatic rings. The number of hydrogen-bond donors (Lipinski definition) is 2. The molecule has 36 heavy (non-hydrogen) atoms. The van der Waals surface area contributed by atoms with Crippen molar-refractivity contribution in [3.63, 3.8) is 0 Å². The number of hydrogen-bond acceptors (Lipinski definition) is 5. The van der Waals surface area contributed by atoms with Gasteiger partial charge in [0.2, 0.25) is 0 Å². The third kappa shape index (κ3) is 4.29. The molecule has 11 heteroatoms. The Balaban J connectivity index is 1.48. The van der Waals surface area contributed by atoms with E-state index in [2.05, 4.69) is 25.5 Å². The lowest BCUT2D eigenvalue weighted by Crippen LogP contribution is -2.15. The molecule has 0 radical (unpaired) electrons. The van der Waals surface area contributed by atoms with Crippen molar-refractivity contribution in [1.82, 2.24) is 20.2 Å². The number of ketones is 1. The van der Waals surface area contributed by atoms with E-state index in [1.54, 1.807) is 24.7 Å². The van der Waals surface area contributed by atoms with E-state index in [1.165, 1.54) is 18.2 Å². The van der Waals surface area contributed by atoms with E-state index in [9.17, 15) is 18.4 Å². The first-order valence-electron chi connectivity index (χ1n) is 10.4.